The highest BCUT2D eigenvalue weighted by Crippen LogP contribution is 2.48. The maximum absolute atomic E-state index is 14.9. The summed E-state index contributed by atoms with van der Waals surface area (Å²) in [5.41, 5.74) is 3.92. The standard InChI is InChI=1S/C28H21BF2N2O4.C2H6.2CH2O/c1-3-33(19-10-17-14-36-29(35)26(17)22(31)11-19)23-13-24-21(12-20(23)15-4-5-15)25(28(34)32-2)27(37-24)16-6-8-18(30)9-7-16;3*1-2/h1,6-13,15,35H,4-5,14H2,2H3,(H,32,34);1-2H3;2*1H2. The van der Waals surface area contributed by atoms with Gasteiger partial charge in [-0.25, -0.2) is 8.78 Å². The number of amides is 1. The number of terminal acetylenes is 1. The molecule has 2 heterocycles. The zero-order valence-electron chi connectivity index (χ0n) is 24.1. The molecule has 4 aromatic rings. The molecular weight excluding hydrogens is 557 g/mol. The molecule has 1 fully saturated rings. The van der Waals surface area contributed by atoms with Crippen molar-refractivity contribution in [2.24, 2.45) is 0 Å². The molecule has 0 spiro atoms. The average molecular weight is 588 g/mol. The number of carbonyl (C=O) groups excluding carboxylic acids is 3. The van der Waals surface area contributed by atoms with Crippen molar-refractivity contribution in [3.8, 4) is 23.8 Å². The van der Waals surface area contributed by atoms with Crippen LogP contribution in [-0.4, -0.2) is 38.7 Å². The summed E-state index contributed by atoms with van der Waals surface area (Å²) in [6, 6.07) is 15.0. The smallest absolute Gasteiger partial charge is 0.455 e. The fourth-order valence-corrected chi connectivity index (χ4v) is 4.94. The molecule has 1 saturated carbocycles. The SMILES string of the molecule is C#CN(c1cc(F)c2c(c1)COB2O)c1cc2oc(-c3ccc(F)cc3)c(C(=O)NC)c2cc1C1CC1.C=O.C=O.CC. The van der Waals surface area contributed by atoms with E-state index in [9.17, 15) is 18.6 Å². The Bertz CT molecular complexity index is 1640. The molecule has 8 nitrogen and oxygen atoms in total. The van der Waals surface area contributed by atoms with Crippen LogP contribution < -0.4 is 15.7 Å². The number of nitrogens with one attached hydrogen (secondary N) is 1. The highest BCUT2D eigenvalue weighted by molar-refractivity contribution is 6.61. The van der Waals surface area contributed by atoms with Gasteiger partial charge in [0.15, 0.2) is 0 Å². The molecule has 11 heteroatoms. The number of hydrogen-bond acceptors (Lipinski definition) is 7. The van der Waals surface area contributed by atoms with Gasteiger partial charge in [0.05, 0.1) is 23.5 Å². The van der Waals surface area contributed by atoms with Gasteiger partial charge < -0.3 is 29.0 Å². The molecule has 1 aromatic heterocycles. The van der Waals surface area contributed by atoms with Crippen LogP contribution >= 0.6 is 0 Å². The predicted octanol–water partition coefficient (Wildman–Crippen LogP) is 5.22. The number of anilines is 2. The first-order valence-corrected chi connectivity index (χ1v) is 13.4. The summed E-state index contributed by atoms with van der Waals surface area (Å²) in [5.74, 6) is -0.800. The van der Waals surface area contributed by atoms with E-state index in [2.05, 4.69) is 11.4 Å². The fraction of sp³-hybridized carbons (Fsp3) is 0.219. The molecule has 3 aromatic carbocycles. The van der Waals surface area contributed by atoms with Crippen molar-refractivity contribution in [2.75, 3.05) is 11.9 Å². The van der Waals surface area contributed by atoms with E-state index < -0.39 is 18.8 Å². The van der Waals surface area contributed by atoms with Crippen LogP contribution in [0, 0.1) is 24.1 Å². The molecule has 43 heavy (non-hydrogen) atoms. The Morgan fingerprint density at radius 1 is 1.09 bits per heavy atom. The molecule has 0 saturated heterocycles. The molecule has 0 radical (unpaired) electrons. The van der Waals surface area contributed by atoms with E-state index in [1.54, 1.807) is 29.2 Å². The first-order valence-electron chi connectivity index (χ1n) is 13.4. The Morgan fingerprint density at radius 2 is 1.74 bits per heavy atom. The Labute approximate surface area is 248 Å². The second kappa shape index (κ2) is 14.4. The van der Waals surface area contributed by atoms with Crippen molar-refractivity contribution in [3.05, 3.63) is 76.9 Å². The summed E-state index contributed by atoms with van der Waals surface area (Å²) >= 11 is 0. The summed E-state index contributed by atoms with van der Waals surface area (Å²) in [5, 5.41) is 13.2. The van der Waals surface area contributed by atoms with Crippen LogP contribution in [0.25, 0.3) is 22.3 Å². The number of furan rings is 1. The van der Waals surface area contributed by atoms with Crippen LogP contribution in [0.3, 0.4) is 0 Å². The van der Waals surface area contributed by atoms with Gasteiger partial charge in [-0.1, -0.05) is 20.3 Å². The lowest BCUT2D eigenvalue weighted by atomic mass is 9.79. The Morgan fingerprint density at radius 3 is 2.33 bits per heavy atom. The van der Waals surface area contributed by atoms with Crippen molar-refractivity contribution >= 4 is 54.4 Å². The molecule has 222 valence electrons. The Balaban J connectivity index is 0.000000796. The maximum Gasteiger partial charge on any atom is 0.494 e. The van der Waals surface area contributed by atoms with Gasteiger partial charge in [0.2, 0.25) is 0 Å². The largest absolute Gasteiger partial charge is 0.494 e. The van der Waals surface area contributed by atoms with Gasteiger partial charge in [-0.15, -0.1) is 0 Å². The first kappa shape index (κ1) is 32.7. The van der Waals surface area contributed by atoms with Crippen LogP contribution in [0.2, 0.25) is 0 Å². The van der Waals surface area contributed by atoms with E-state index in [4.69, 9.17) is 25.1 Å². The lowest BCUT2D eigenvalue weighted by molar-refractivity contribution is -0.0987. The van der Waals surface area contributed by atoms with Gasteiger partial charge in [-0.2, -0.15) is 0 Å². The minimum atomic E-state index is -1.31. The van der Waals surface area contributed by atoms with E-state index in [0.29, 0.717) is 44.8 Å². The monoisotopic (exact) mass is 588 g/mol. The predicted molar refractivity (Wildman–Crippen MR) is 162 cm³/mol. The molecule has 0 unspecified atom stereocenters. The van der Waals surface area contributed by atoms with Crippen molar-refractivity contribution in [1.29, 1.82) is 0 Å². The highest BCUT2D eigenvalue weighted by atomic mass is 19.1. The van der Waals surface area contributed by atoms with Gasteiger partial charge in [0, 0.05) is 35.6 Å². The third kappa shape index (κ3) is 6.36. The van der Waals surface area contributed by atoms with Crippen molar-refractivity contribution in [1.82, 2.24) is 5.32 Å². The molecule has 6 rings (SSSR count). The minimum absolute atomic E-state index is 0.0723. The number of hydrogen-bond donors (Lipinski definition) is 2. The van der Waals surface area contributed by atoms with Crippen LogP contribution in [0.4, 0.5) is 20.2 Å². The molecule has 2 aliphatic rings. The molecular formula is C32H31BF2N2O6. The van der Waals surface area contributed by atoms with Crippen LogP contribution in [0.1, 0.15) is 54.1 Å². The maximum atomic E-state index is 14.9. The van der Waals surface area contributed by atoms with Gasteiger partial charge in [-0.05, 0) is 72.4 Å². The first-order chi connectivity index (χ1) is 20.9. The third-order valence-electron chi connectivity index (χ3n) is 6.89. The lowest BCUT2D eigenvalue weighted by Crippen LogP contribution is -2.31. The second-order valence-corrected chi connectivity index (χ2v) is 9.20. The van der Waals surface area contributed by atoms with Gasteiger partial charge in [0.25, 0.3) is 5.91 Å². The molecule has 1 aliphatic heterocycles. The molecule has 1 aliphatic carbocycles. The molecule has 0 atom stereocenters. The summed E-state index contributed by atoms with van der Waals surface area (Å²) in [7, 11) is 0.229. The van der Waals surface area contributed by atoms with Crippen molar-refractivity contribution in [3.63, 3.8) is 0 Å². The zero-order valence-corrected chi connectivity index (χ0v) is 24.1. The second-order valence-electron chi connectivity index (χ2n) is 9.20. The van der Waals surface area contributed by atoms with Gasteiger partial charge in [0.1, 0.15) is 36.6 Å². The minimum Gasteiger partial charge on any atom is -0.455 e. The third-order valence-corrected chi connectivity index (χ3v) is 6.89. The van der Waals surface area contributed by atoms with Gasteiger partial charge >= 0.3 is 7.12 Å². The van der Waals surface area contributed by atoms with E-state index in [0.717, 1.165) is 18.4 Å². The number of nitrogens with zero attached hydrogens (tertiary/aromatic N) is 1. The molecule has 2 N–H and O–H groups in total. The highest BCUT2D eigenvalue weighted by Gasteiger charge is 2.34. The van der Waals surface area contributed by atoms with Crippen LogP contribution in [-0.2, 0) is 20.9 Å². The fourth-order valence-electron chi connectivity index (χ4n) is 4.94. The van der Waals surface area contributed by atoms with Crippen molar-refractivity contribution < 1.29 is 37.3 Å². The molecule has 1 amide bonds. The number of carbonyl (C=O) groups is 3. The lowest BCUT2D eigenvalue weighted by Gasteiger charge is -2.22. The van der Waals surface area contributed by atoms with E-state index in [1.807, 2.05) is 33.5 Å². The van der Waals surface area contributed by atoms with Gasteiger partial charge in [-0.3, -0.25) is 9.69 Å². The summed E-state index contributed by atoms with van der Waals surface area (Å²) in [4.78, 5) is 30.5. The van der Waals surface area contributed by atoms with Crippen LogP contribution in [0.15, 0.2) is 52.9 Å². The number of fused-ring (bicyclic) bond motifs is 2. The van der Waals surface area contributed by atoms with Crippen molar-refractivity contribution in [2.45, 2.75) is 39.2 Å². The summed E-state index contributed by atoms with van der Waals surface area (Å²) in [6.07, 6.45) is 7.85. The Hall–Kier alpha value is -4.79. The summed E-state index contributed by atoms with van der Waals surface area (Å²) in [6.45, 7) is 8.07. The van der Waals surface area contributed by atoms with E-state index >= 15 is 0 Å². The quantitative estimate of drug-likeness (QED) is 0.187. The number of rotatable bonds is 5. The normalized spacial score (nSPS) is 12.8. The van der Waals surface area contributed by atoms with E-state index in [-0.39, 0.29) is 23.9 Å². The average Bonchev–Trinajstić information content (AvgIpc) is 3.73. The summed E-state index contributed by atoms with van der Waals surface area (Å²) < 4.78 is 39.8. The number of benzene rings is 3. The topological polar surface area (TPSA) is 109 Å². The number of halogens is 2. The molecule has 0 bridgehead atoms. The zero-order chi connectivity index (χ0) is 31.8. The Kier molecular flexibility index (Phi) is 11.0. The van der Waals surface area contributed by atoms with Crippen LogP contribution in [0.5, 0.6) is 0 Å². The van der Waals surface area contributed by atoms with E-state index in [1.165, 1.54) is 25.2 Å².